The van der Waals surface area contributed by atoms with Gasteiger partial charge < -0.3 is 10.2 Å². The van der Waals surface area contributed by atoms with Crippen molar-refractivity contribution in [1.82, 2.24) is 0 Å². The maximum atomic E-state index is 11.1. The van der Waals surface area contributed by atoms with Gasteiger partial charge in [0, 0.05) is 12.6 Å². The quantitative estimate of drug-likeness (QED) is 0.458. The molecule has 0 bridgehead atoms. The van der Waals surface area contributed by atoms with E-state index in [1.165, 1.54) is 6.92 Å². The van der Waals surface area contributed by atoms with Gasteiger partial charge in [0.15, 0.2) is 0 Å². The van der Waals surface area contributed by atoms with Gasteiger partial charge in [0.1, 0.15) is 6.21 Å². The molecule has 0 aliphatic carbocycles. The summed E-state index contributed by atoms with van der Waals surface area (Å²) in [6.45, 7) is 1.20. The molecule has 1 aromatic carbocycles. The monoisotopic (exact) mass is 206 g/mol. The molecule has 15 heavy (non-hydrogen) atoms. The molecule has 1 N–H and O–H groups in total. The molecule has 0 saturated heterocycles. The van der Waals surface area contributed by atoms with E-state index in [0.29, 0.717) is 5.69 Å². The Balaban J connectivity index is 2.43. The molecule has 5 nitrogen and oxygen atoms in total. The van der Waals surface area contributed by atoms with Gasteiger partial charge in [0.2, 0.25) is 0 Å². The number of benzene rings is 1. The molecule has 0 unspecified atom stereocenters. The van der Waals surface area contributed by atoms with Crippen molar-refractivity contribution in [2.45, 2.75) is 6.92 Å². The lowest BCUT2D eigenvalue weighted by atomic mass is 10.3. The Bertz CT molecular complexity index is 374. The predicted molar refractivity (Wildman–Crippen MR) is 55.3 cm³/mol. The molecule has 0 fully saturated rings. The lowest BCUT2D eigenvalue weighted by Gasteiger charge is -1.99. The van der Waals surface area contributed by atoms with Gasteiger partial charge in [-0.05, 0) is 12.1 Å². The van der Waals surface area contributed by atoms with Gasteiger partial charge in [-0.15, -0.1) is 0 Å². The molecule has 1 rings (SSSR count). The zero-order valence-electron chi connectivity index (χ0n) is 8.14. The molecular formula is C10H10N2O3. The summed E-state index contributed by atoms with van der Waals surface area (Å²) in [4.78, 5) is 25.7. The largest absolute Gasteiger partial charge is 0.331 e. The van der Waals surface area contributed by atoms with Crippen LogP contribution in [0.3, 0.4) is 0 Å². The smallest absolute Gasteiger partial charge is 0.321 e. The van der Waals surface area contributed by atoms with E-state index in [4.69, 9.17) is 0 Å². The maximum absolute atomic E-state index is 11.1. The molecule has 0 aliphatic rings. The second kappa shape index (κ2) is 5.54. The van der Waals surface area contributed by atoms with Crippen LogP contribution >= 0.6 is 0 Å². The number of carbonyl (C=O) groups excluding carboxylic acids is 2. The Hall–Kier alpha value is -2.17. The van der Waals surface area contributed by atoms with E-state index < -0.39 is 11.9 Å². The first-order valence-electron chi connectivity index (χ1n) is 4.25. The molecular weight excluding hydrogens is 196 g/mol. The van der Waals surface area contributed by atoms with Crippen LogP contribution in [0.15, 0.2) is 35.5 Å². The molecule has 0 radical (unpaired) electrons. The summed E-state index contributed by atoms with van der Waals surface area (Å²) in [7, 11) is 0. The average molecular weight is 206 g/mol. The van der Waals surface area contributed by atoms with E-state index in [-0.39, 0.29) is 0 Å². The Morgan fingerprint density at radius 1 is 1.33 bits per heavy atom. The van der Waals surface area contributed by atoms with Gasteiger partial charge >= 0.3 is 5.97 Å². The first-order valence-corrected chi connectivity index (χ1v) is 4.25. The van der Waals surface area contributed by atoms with E-state index in [1.807, 2.05) is 6.07 Å². The van der Waals surface area contributed by atoms with Crippen LogP contribution in [-0.4, -0.2) is 18.1 Å². The van der Waals surface area contributed by atoms with Crippen molar-refractivity contribution in [3.63, 3.8) is 0 Å². The molecule has 1 amide bonds. The fourth-order valence-corrected chi connectivity index (χ4v) is 0.844. The molecule has 0 aliphatic heterocycles. The number of amides is 1. The predicted octanol–water partition coefficient (Wildman–Crippen LogP) is 1.17. The maximum Gasteiger partial charge on any atom is 0.331 e. The number of nitrogens with zero attached hydrogens (tertiary/aromatic N) is 1. The number of para-hydroxylation sites is 1. The van der Waals surface area contributed by atoms with Crippen molar-refractivity contribution < 1.29 is 14.4 Å². The Labute approximate surface area is 86.7 Å². The number of rotatable bonds is 3. The van der Waals surface area contributed by atoms with Gasteiger partial charge in [-0.3, -0.25) is 4.79 Å². The zero-order chi connectivity index (χ0) is 11.1. The number of carbonyl (C=O) groups is 2. The minimum atomic E-state index is -0.571. The first-order chi connectivity index (χ1) is 7.18. The van der Waals surface area contributed by atoms with Gasteiger partial charge in [-0.25, -0.2) is 4.79 Å². The van der Waals surface area contributed by atoms with Crippen molar-refractivity contribution >= 4 is 23.8 Å². The Morgan fingerprint density at radius 3 is 2.60 bits per heavy atom. The SMILES string of the molecule is CC(=O)O/N=C/C(=O)Nc1ccccc1. The second-order valence-corrected chi connectivity index (χ2v) is 2.67. The number of nitrogens with one attached hydrogen (secondary N) is 1. The summed E-state index contributed by atoms with van der Waals surface area (Å²) in [6.07, 6.45) is 0.897. The van der Waals surface area contributed by atoms with Crippen LogP contribution in [0.25, 0.3) is 0 Å². The molecule has 0 atom stereocenters. The van der Waals surface area contributed by atoms with Crippen molar-refractivity contribution in [3.05, 3.63) is 30.3 Å². The highest BCUT2D eigenvalue weighted by atomic mass is 16.7. The Kier molecular flexibility index (Phi) is 4.03. The van der Waals surface area contributed by atoms with Crippen LogP contribution in [0, 0.1) is 0 Å². The van der Waals surface area contributed by atoms with Gasteiger partial charge in [-0.2, -0.15) is 0 Å². The van der Waals surface area contributed by atoms with Gasteiger partial charge in [-0.1, -0.05) is 23.4 Å². The Morgan fingerprint density at radius 2 is 2.00 bits per heavy atom. The van der Waals surface area contributed by atoms with Crippen molar-refractivity contribution in [2.75, 3.05) is 5.32 Å². The van der Waals surface area contributed by atoms with Crippen molar-refractivity contribution in [3.8, 4) is 0 Å². The minimum absolute atomic E-state index is 0.456. The van der Waals surface area contributed by atoms with E-state index in [0.717, 1.165) is 6.21 Å². The van der Waals surface area contributed by atoms with Crippen LogP contribution in [-0.2, 0) is 14.4 Å². The number of hydrogen-bond donors (Lipinski definition) is 1. The van der Waals surface area contributed by atoms with Gasteiger partial charge in [0.05, 0.1) is 0 Å². The van der Waals surface area contributed by atoms with E-state index in [9.17, 15) is 9.59 Å². The van der Waals surface area contributed by atoms with Crippen LogP contribution < -0.4 is 5.32 Å². The van der Waals surface area contributed by atoms with Crippen LogP contribution in [0.1, 0.15) is 6.92 Å². The summed E-state index contributed by atoms with van der Waals surface area (Å²) in [6, 6.07) is 8.88. The molecule has 78 valence electrons. The molecule has 1 aromatic rings. The average Bonchev–Trinajstić information content (AvgIpc) is 2.18. The van der Waals surface area contributed by atoms with Crippen LogP contribution in [0.4, 0.5) is 5.69 Å². The lowest BCUT2D eigenvalue weighted by Crippen LogP contribution is -2.12. The minimum Gasteiger partial charge on any atom is -0.321 e. The molecule has 0 heterocycles. The first kappa shape index (κ1) is 10.9. The zero-order valence-corrected chi connectivity index (χ0v) is 8.14. The summed E-state index contributed by atoms with van der Waals surface area (Å²) in [5, 5.41) is 5.72. The highest BCUT2D eigenvalue weighted by Crippen LogP contribution is 2.03. The van der Waals surface area contributed by atoms with E-state index in [2.05, 4.69) is 15.3 Å². The number of anilines is 1. The van der Waals surface area contributed by atoms with Gasteiger partial charge in [0.25, 0.3) is 5.91 Å². The summed E-state index contributed by atoms with van der Waals surface area (Å²) in [5.41, 5.74) is 0.650. The third-order valence-electron chi connectivity index (χ3n) is 1.39. The number of oxime groups is 1. The highest BCUT2D eigenvalue weighted by Gasteiger charge is 1.97. The highest BCUT2D eigenvalue weighted by molar-refractivity contribution is 6.31. The molecule has 0 spiro atoms. The van der Waals surface area contributed by atoms with Crippen molar-refractivity contribution in [2.24, 2.45) is 5.16 Å². The van der Waals surface area contributed by atoms with Crippen LogP contribution in [0.2, 0.25) is 0 Å². The number of hydrogen-bond acceptors (Lipinski definition) is 4. The van der Waals surface area contributed by atoms with E-state index >= 15 is 0 Å². The topological polar surface area (TPSA) is 67.8 Å². The van der Waals surface area contributed by atoms with Crippen LogP contribution in [0.5, 0.6) is 0 Å². The second-order valence-electron chi connectivity index (χ2n) is 2.67. The standard InChI is InChI=1S/C10H10N2O3/c1-8(13)15-11-7-10(14)12-9-5-3-2-4-6-9/h2-7H,1H3,(H,12,14)/b11-7+. The summed E-state index contributed by atoms with van der Waals surface area (Å²) in [5.74, 6) is -1.03. The fraction of sp³-hybridized carbons (Fsp3) is 0.100. The lowest BCUT2D eigenvalue weighted by molar-refractivity contribution is -0.140. The molecule has 0 saturated carbocycles. The molecule has 0 aromatic heterocycles. The summed E-state index contributed by atoms with van der Waals surface area (Å²) >= 11 is 0. The summed E-state index contributed by atoms with van der Waals surface area (Å²) < 4.78 is 0. The fourth-order valence-electron chi connectivity index (χ4n) is 0.844. The van der Waals surface area contributed by atoms with E-state index in [1.54, 1.807) is 24.3 Å². The third kappa shape index (κ3) is 4.56. The third-order valence-corrected chi connectivity index (χ3v) is 1.39. The molecule has 5 heteroatoms. The van der Waals surface area contributed by atoms with Crippen molar-refractivity contribution in [1.29, 1.82) is 0 Å². The normalized spacial score (nSPS) is 9.93.